The fraction of sp³-hybridized carbons (Fsp3) is 0.545. The monoisotopic (exact) mass is 472 g/mol. The molecule has 32 heavy (non-hydrogen) atoms. The Bertz CT molecular complexity index is 1110. The van der Waals surface area contributed by atoms with Crippen molar-refractivity contribution in [2.45, 2.75) is 67.5 Å². The van der Waals surface area contributed by atoms with Crippen molar-refractivity contribution < 1.29 is 9.32 Å². The van der Waals surface area contributed by atoms with Crippen LogP contribution in [0.5, 0.6) is 0 Å². The summed E-state index contributed by atoms with van der Waals surface area (Å²) >= 11 is 5.93. The van der Waals surface area contributed by atoms with Gasteiger partial charge in [0.1, 0.15) is 10.7 Å². The van der Waals surface area contributed by atoms with Gasteiger partial charge in [0.05, 0.1) is 39.7 Å². The van der Waals surface area contributed by atoms with Gasteiger partial charge in [-0.3, -0.25) is 4.21 Å². The molecule has 1 saturated carbocycles. The molecular formula is C22H25ClN6O2S. The molecule has 1 saturated heterocycles. The van der Waals surface area contributed by atoms with Gasteiger partial charge in [0.2, 0.25) is 5.95 Å². The number of hydrogen-bond acceptors (Lipinski definition) is 8. The molecule has 3 unspecified atom stereocenters. The number of halogens is 1. The first-order chi connectivity index (χ1) is 15.5. The third-order valence-corrected chi connectivity index (χ3v) is 8.88. The molecule has 8 nitrogen and oxygen atoms in total. The Labute approximate surface area is 194 Å². The number of aromatic nitrogens is 4. The summed E-state index contributed by atoms with van der Waals surface area (Å²) in [6.45, 7) is 0.0515. The van der Waals surface area contributed by atoms with Crippen molar-refractivity contribution in [1.29, 1.82) is 0 Å². The second-order valence-electron chi connectivity index (χ2n) is 9.20. The van der Waals surface area contributed by atoms with E-state index in [1.165, 1.54) is 0 Å². The highest BCUT2D eigenvalue weighted by molar-refractivity contribution is 7.85. The Balaban J connectivity index is 1.34. The van der Waals surface area contributed by atoms with Crippen LogP contribution in [-0.4, -0.2) is 59.2 Å². The average Bonchev–Trinajstić information content (AvgIpc) is 2.76. The zero-order valence-corrected chi connectivity index (χ0v) is 19.2. The molecule has 0 aromatic carbocycles. The minimum atomic E-state index is -1.11. The van der Waals surface area contributed by atoms with E-state index in [2.05, 4.69) is 26.3 Å². The first kappa shape index (κ1) is 20.5. The first-order valence-corrected chi connectivity index (χ1v) is 12.9. The predicted octanol–water partition coefficient (Wildman–Crippen LogP) is 2.74. The highest BCUT2D eigenvalue weighted by Crippen LogP contribution is 2.44. The molecule has 2 fully saturated rings. The van der Waals surface area contributed by atoms with E-state index in [9.17, 15) is 9.32 Å². The standard InChI is InChI=1S/C22H25ClN6O2S/c23-14-10-24-19(25-11-14)13-7-15-9-16(8-13)29(15)21-26-17-3-1-6-32(31)18(17)20(27-21)28-22(12-30)4-2-5-22/h7,10-11,15-16,30H,1-6,8-9,12H2,(H,26,27,28). The SMILES string of the molecule is O=S1CCCc2nc(N3C4C=C(c5ncc(Cl)cn5)CC3C4)nc(NC3(CO)CCC3)c21. The summed E-state index contributed by atoms with van der Waals surface area (Å²) in [5.41, 5.74) is 1.65. The minimum absolute atomic E-state index is 0.0515. The van der Waals surface area contributed by atoms with E-state index in [0.717, 1.165) is 66.9 Å². The Hall–Kier alpha value is -2.10. The smallest absolute Gasteiger partial charge is 0.228 e. The van der Waals surface area contributed by atoms with Crippen molar-refractivity contribution in [3.8, 4) is 0 Å². The molecule has 2 aromatic rings. The number of rotatable bonds is 5. The highest BCUT2D eigenvalue weighted by Gasteiger charge is 2.45. The van der Waals surface area contributed by atoms with Gasteiger partial charge in [0, 0.05) is 24.2 Å². The van der Waals surface area contributed by atoms with Gasteiger partial charge >= 0.3 is 0 Å². The van der Waals surface area contributed by atoms with Gasteiger partial charge in [-0.15, -0.1) is 0 Å². The summed E-state index contributed by atoms with van der Waals surface area (Å²) in [6, 6.07) is 0.480. The fourth-order valence-electron chi connectivity index (χ4n) is 5.22. The molecule has 5 aliphatic rings. The van der Waals surface area contributed by atoms with E-state index in [4.69, 9.17) is 21.6 Å². The first-order valence-electron chi connectivity index (χ1n) is 11.2. The number of aliphatic hydroxyl groups is 1. The number of nitrogens with zero attached hydrogens (tertiary/aromatic N) is 5. The van der Waals surface area contributed by atoms with Gasteiger partial charge in [-0.1, -0.05) is 17.7 Å². The molecule has 0 spiro atoms. The number of anilines is 2. The Morgan fingerprint density at radius 2 is 2.06 bits per heavy atom. The van der Waals surface area contributed by atoms with Crippen molar-refractivity contribution in [1.82, 2.24) is 19.9 Å². The molecule has 10 heteroatoms. The summed E-state index contributed by atoms with van der Waals surface area (Å²) in [5.74, 6) is 2.69. The summed E-state index contributed by atoms with van der Waals surface area (Å²) in [7, 11) is -1.11. The van der Waals surface area contributed by atoms with E-state index < -0.39 is 10.8 Å². The minimum Gasteiger partial charge on any atom is -0.394 e. The van der Waals surface area contributed by atoms with Gasteiger partial charge < -0.3 is 15.3 Å². The second kappa shape index (κ2) is 7.74. The van der Waals surface area contributed by atoms with Crippen LogP contribution in [0.1, 0.15) is 50.0 Å². The second-order valence-corrected chi connectivity index (χ2v) is 11.1. The number of aliphatic hydroxyl groups excluding tert-OH is 1. The van der Waals surface area contributed by atoms with Crippen LogP contribution in [0.3, 0.4) is 0 Å². The molecule has 0 amide bonds. The fourth-order valence-corrected chi connectivity index (χ4v) is 6.65. The molecular weight excluding hydrogens is 448 g/mol. The molecule has 3 atom stereocenters. The molecule has 2 aromatic heterocycles. The van der Waals surface area contributed by atoms with Crippen LogP contribution < -0.4 is 10.2 Å². The third kappa shape index (κ3) is 3.33. The normalized spacial score (nSPS) is 27.6. The van der Waals surface area contributed by atoms with E-state index in [0.29, 0.717) is 22.5 Å². The zero-order chi connectivity index (χ0) is 21.9. The summed E-state index contributed by atoms with van der Waals surface area (Å²) in [6.07, 6.45) is 11.9. The van der Waals surface area contributed by atoms with Crippen LogP contribution in [0.4, 0.5) is 11.8 Å². The van der Waals surface area contributed by atoms with Crippen molar-refractivity contribution >= 4 is 39.7 Å². The summed E-state index contributed by atoms with van der Waals surface area (Å²) in [5, 5.41) is 14.0. The van der Waals surface area contributed by atoms with Crippen LogP contribution in [0.2, 0.25) is 5.02 Å². The summed E-state index contributed by atoms with van der Waals surface area (Å²) in [4.78, 5) is 21.5. The molecule has 2 bridgehead atoms. The number of hydrogen-bond donors (Lipinski definition) is 2. The van der Waals surface area contributed by atoms with Crippen molar-refractivity contribution in [2.24, 2.45) is 0 Å². The maximum Gasteiger partial charge on any atom is 0.228 e. The maximum atomic E-state index is 12.9. The number of aryl methyl sites for hydroxylation is 1. The molecule has 2 N–H and O–H groups in total. The van der Waals surface area contributed by atoms with Gasteiger partial charge in [-0.05, 0) is 50.5 Å². The van der Waals surface area contributed by atoms with E-state index in [-0.39, 0.29) is 24.2 Å². The van der Waals surface area contributed by atoms with Gasteiger partial charge in [0.25, 0.3) is 0 Å². The maximum absolute atomic E-state index is 12.9. The van der Waals surface area contributed by atoms with E-state index in [1.54, 1.807) is 12.4 Å². The van der Waals surface area contributed by atoms with Crippen molar-refractivity contribution in [3.63, 3.8) is 0 Å². The molecule has 3 aliphatic heterocycles. The Morgan fingerprint density at radius 1 is 1.25 bits per heavy atom. The van der Waals surface area contributed by atoms with Gasteiger partial charge in [-0.2, -0.15) is 4.98 Å². The van der Waals surface area contributed by atoms with Gasteiger partial charge in [0.15, 0.2) is 5.82 Å². The van der Waals surface area contributed by atoms with E-state index >= 15 is 0 Å². The number of fused-ring (bicyclic) bond motifs is 2. The van der Waals surface area contributed by atoms with Crippen LogP contribution >= 0.6 is 11.6 Å². The molecule has 2 aliphatic carbocycles. The average molecular weight is 473 g/mol. The number of nitrogens with one attached hydrogen (secondary N) is 1. The van der Waals surface area contributed by atoms with E-state index in [1.807, 2.05) is 0 Å². The lowest BCUT2D eigenvalue weighted by molar-refractivity contribution is 0.143. The molecule has 168 valence electrons. The molecule has 0 radical (unpaired) electrons. The Kier molecular flexibility index (Phi) is 4.96. The lowest BCUT2D eigenvalue weighted by atomic mass is 9.77. The zero-order valence-electron chi connectivity index (χ0n) is 17.6. The van der Waals surface area contributed by atoms with Gasteiger partial charge in [-0.25, -0.2) is 15.0 Å². The van der Waals surface area contributed by atoms with Crippen molar-refractivity contribution in [3.05, 3.63) is 35.0 Å². The van der Waals surface area contributed by atoms with Crippen LogP contribution in [-0.2, 0) is 17.2 Å². The molecule has 7 rings (SSSR count). The van der Waals surface area contributed by atoms with Crippen LogP contribution in [0.15, 0.2) is 23.4 Å². The lowest BCUT2D eigenvalue weighted by Gasteiger charge is -2.51. The van der Waals surface area contributed by atoms with Crippen LogP contribution in [0, 0.1) is 0 Å². The largest absolute Gasteiger partial charge is 0.394 e. The highest BCUT2D eigenvalue weighted by atomic mass is 35.5. The summed E-state index contributed by atoms with van der Waals surface area (Å²) < 4.78 is 12.9. The quantitative estimate of drug-likeness (QED) is 0.684. The topological polar surface area (TPSA) is 104 Å². The Morgan fingerprint density at radius 3 is 2.72 bits per heavy atom. The van der Waals surface area contributed by atoms with Crippen molar-refractivity contribution in [2.75, 3.05) is 22.6 Å². The molecule has 5 heterocycles. The third-order valence-electron chi connectivity index (χ3n) is 7.14. The predicted molar refractivity (Wildman–Crippen MR) is 123 cm³/mol. The lowest BCUT2D eigenvalue weighted by Crippen LogP contribution is -2.58. The van der Waals surface area contributed by atoms with Crippen LogP contribution in [0.25, 0.3) is 5.57 Å².